The van der Waals surface area contributed by atoms with Crippen LogP contribution in [0.5, 0.6) is 5.75 Å². The predicted molar refractivity (Wildman–Crippen MR) is 104 cm³/mol. The van der Waals surface area contributed by atoms with Gasteiger partial charge in [-0.05, 0) is 29.8 Å². The van der Waals surface area contributed by atoms with E-state index < -0.39 is 16.0 Å². The maximum absolute atomic E-state index is 12.4. The lowest BCUT2D eigenvalue weighted by atomic mass is 10.2. The van der Waals surface area contributed by atoms with Crippen LogP contribution in [-0.4, -0.2) is 39.9 Å². The molecule has 0 spiro atoms. The van der Waals surface area contributed by atoms with E-state index in [0.29, 0.717) is 16.1 Å². The number of nitrogens with zero attached hydrogens (tertiary/aromatic N) is 1. The molecule has 0 heterocycles. The quantitative estimate of drug-likeness (QED) is 0.518. The van der Waals surface area contributed by atoms with Crippen LogP contribution in [0, 0.1) is 0 Å². The van der Waals surface area contributed by atoms with Gasteiger partial charge in [-0.15, -0.1) is 0 Å². The third-order valence-electron chi connectivity index (χ3n) is 3.69. The van der Waals surface area contributed by atoms with E-state index >= 15 is 0 Å². The van der Waals surface area contributed by atoms with E-state index in [0.717, 1.165) is 4.31 Å². The second-order valence-corrected chi connectivity index (χ2v) is 8.26. The fraction of sp³-hybridized carbons (Fsp3) is 0.211. The molecule has 27 heavy (non-hydrogen) atoms. The highest BCUT2D eigenvalue weighted by atomic mass is 35.5. The SMILES string of the molecule is COc1ccc(/C=C/C(=O)OCc2ccccc2Cl)cc1S(=O)(=O)N(C)C. The third kappa shape index (κ3) is 5.32. The first-order chi connectivity index (χ1) is 12.8. The molecule has 2 aromatic carbocycles. The van der Waals surface area contributed by atoms with Gasteiger partial charge in [0.15, 0.2) is 0 Å². The summed E-state index contributed by atoms with van der Waals surface area (Å²) in [7, 11) is 0.574. The lowest BCUT2D eigenvalue weighted by molar-refractivity contribution is -0.138. The number of hydrogen-bond acceptors (Lipinski definition) is 5. The number of halogens is 1. The summed E-state index contributed by atoms with van der Waals surface area (Å²) >= 11 is 6.01. The summed E-state index contributed by atoms with van der Waals surface area (Å²) in [4.78, 5) is 11.9. The van der Waals surface area contributed by atoms with Crippen molar-refractivity contribution in [3.05, 3.63) is 64.7 Å². The average Bonchev–Trinajstić information content (AvgIpc) is 2.65. The normalized spacial score (nSPS) is 11.7. The Kier molecular flexibility index (Phi) is 7.01. The molecule has 0 saturated carbocycles. The molecule has 0 aliphatic rings. The van der Waals surface area contributed by atoms with Crippen molar-refractivity contribution >= 4 is 33.7 Å². The fourth-order valence-corrected chi connectivity index (χ4v) is 3.45. The molecule has 0 N–H and O–H groups in total. The first-order valence-corrected chi connectivity index (χ1v) is 9.76. The zero-order valence-electron chi connectivity index (χ0n) is 15.2. The highest BCUT2D eigenvalue weighted by Crippen LogP contribution is 2.27. The van der Waals surface area contributed by atoms with Crippen molar-refractivity contribution in [1.29, 1.82) is 0 Å². The lowest BCUT2D eigenvalue weighted by Gasteiger charge is -2.14. The molecule has 0 amide bonds. The van der Waals surface area contributed by atoms with Gasteiger partial charge in [0.05, 0.1) is 7.11 Å². The number of benzene rings is 2. The third-order valence-corrected chi connectivity index (χ3v) is 5.89. The highest BCUT2D eigenvalue weighted by molar-refractivity contribution is 7.89. The molecule has 0 bridgehead atoms. The van der Waals surface area contributed by atoms with Crippen LogP contribution >= 0.6 is 11.6 Å². The van der Waals surface area contributed by atoms with Crippen molar-refractivity contribution in [3.8, 4) is 5.75 Å². The van der Waals surface area contributed by atoms with Gasteiger partial charge in [0.1, 0.15) is 17.3 Å². The summed E-state index contributed by atoms with van der Waals surface area (Å²) < 4.78 is 36.2. The van der Waals surface area contributed by atoms with E-state index in [4.69, 9.17) is 21.1 Å². The standard InChI is InChI=1S/C19H20ClNO5S/c1-21(2)27(23,24)18-12-14(8-10-17(18)25-3)9-11-19(22)26-13-15-6-4-5-7-16(15)20/h4-12H,13H2,1-3H3/b11-9+. The van der Waals surface area contributed by atoms with Crippen molar-refractivity contribution in [1.82, 2.24) is 4.31 Å². The van der Waals surface area contributed by atoms with E-state index in [1.807, 2.05) is 0 Å². The largest absolute Gasteiger partial charge is 0.495 e. The molecule has 0 fully saturated rings. The monoisotopic (exact) mass is 409 g/mol. The van der Waals surface area contributed by atoms with Crippen LogP contribution in [0.3, 0.4) is 0 Å². The molecule has 2 aromatic rings. The maximum Gasteiger partial charge on any atom is 0.331 e. The lowest BCUT2D eigenvalue weighted by Crippen LogP contribution is -2.22. The summed E-state index contributed by atoms with van der Waals surface area (Å²) in [6.45, 7) is 0.0473. The molecule has 0 aromatic heterocycles. The molecule has 0 aliphatic carbocycles. The van der Waals surface area contributed by atoms with Gasteiger partial charge in [0.2, 0.25) is 10.0 Å². The number of carbonyl (C=O) groups is 1. The summed E-state index contributed by atoms with van der Waals surface area (Å²) in [5.74, 6) is -0.343. The molecule has 2 rings (SSSR count). The van der Waals surface area contributed by atoms with Gasteiger partial charge >= 0.3 is 5.97 Å². The second kappa shape index (κ2) is 9.03. The number of ether oxygens (including phenoxy) is 2. The van der Waals surface area contributed by atoms with E-state index in [1.165, 1.54) is 45.5 Å². The highest BCUT2D eigenvalue weighted by Gasteiger charge is 2.22. The van der Waals surface area contributed by atoms with Crippen LogP contribution < -0.4 is 4.74 Å². The number of hydrogen-bond donors (Lipinski definition) is 0. The minimum Gasteiger partial charge on any atom is -0.495 e. The van der Waals surface area contributed by atoms with Crippen molar-refractivity contribution in [2.24, 2.45) is 0 Å². The van der Waals surface area contributed by atoms with E-state index in [9.17, 15) is 13.2 Å². The Morgan fingerprint density at radius 1 is 1.19 bits per heavy atom. The van der Waals surface area contributed by atoms with Crippen molar-refractivity contribution < 1.29 is 22.7 Å². The number of methoxy groups -OCH3 is 1. The van der Waals surface area contributed by atoms with Crippen LogP contribution in [0.25, 0.3) is 6.08 Å². The zero-order valence-corrected chi connectivity index (χ0v) is 16.8. The van der Waals surface area contributed by atoms with Gasteiger partial charge in [-0.3, -0.25) is 0 Å². The Balaban J connectivity index is 2.14. The molecule has 0 aliphatic heterocycles. The number of carbonyl (C=O) groups excluding carboxylic acids is 1. The van der Waals surface area contributed by atoms with Gasteiger partial charge in [0.25, 0.3) is 0 Å². The minimum atomic E-state index is -3.69. The van der Waals surface area contributed by atoms with E-state index in [1.54, 1.807) is 30.3 Å². The van der Waals surface area contributed by atoms with Gasteiger partial charge in [-0.25, -0.2) is 17.5 Å². The smallest absolute Gasteiger partial charge is 0.331 e. The van der Waals surface area contributed by atoms with Gasteiger partial charge in [-0.1, -0.05) is 35.9 Å². The molecule has 144 valence electrons. The van der Waals surface area contributed by atoms with Gasteiger partial charge in [0, 0.05) is 30.8 Å². The summed E-state index contributed by atoms with van der Waals surface area (Å²) in [6.07, 6.45) is 2.70. The summed E-state index contributed by atoms with van der Waals surface area (Å²) in [5, 5.41) is 0.517. The Morgan fingerprint density at radius 2 is 1.89 bits per heavy atom. The number of sulfonamides is 1. The van der Waals surface area contributed by atoms with Crippen molar-refractivity contribution in [2.45, 2.75) is 11.5 Å². The fourth-order valence-electron chi connectivity index (χ4n) is 2.17. The molecule has 6 nitrogen and oxygen atoms in total. The molecule has 0 radical (unpaired) electrons. The second-order valence-electron chi connectivity index (χ2n) is 5.73. The van der Waals surface area contributed by atoms with Gasteiger partial charge < -0.3 is 9.47 Å². The minimum absolute atomic E-state index is 0.0154. The first kappa shape index (κ1) is 21.0. The zero-order chi connectivity index (χ0) is 20.0. The Labute approximate surface area is 164 Å². The average molecular weight is 410 g/mol. The van der Waals surface area contributed by atoms with E-state index in [2.05, 4.69) is 0 Å². The Morgan fingerprint density at radius 3 is 2.52 bits per heavy atom. The Bertz CT molecular complexity index is 954. The molecule has 0 atom stereocenters. The van der Waals surface area contributed by atoms with Crippen molar-refractivity contribution in [2.75, 3.05) is 21.2 Å². The maximum atomic E-state index is 12.4. The van der Waals surface area contributed by atoms with Crippen LogP contribution in [-0.2, 0) is 26.2 Å². The Hall–Kier alpha value is -2.35. The van der Waals surface area contributed by atoms with Crippen LogP contribution in [0.2, 0.25) is 5.02 Å². The molecular weight excluding hydrogens is 390 g/mol. The van der Waals surface area contributed by atoms with Crippen molar-refractivity contribution in [3.63, 3.8) is 0 Å². The molecule has 0 saturated heterocycles. The van der Waals surface area contributed by atoms with Crippen LogP contribution in [0.1, 0.15) is 11.1 Å². The predicted octanol–water partition coefficient (Wildman–Crippen LogP) is 3.36. The number of rotatable bonds is 7. The van der Waals surface area contributed by atoms with Gasteiger partial charge in [-0.2, -0.15) is 0 Å². The summed E-state index contributed by atoms with van der Waals surface area (Å²) in [6, 6.07) is 11.7. The molecular formula is C19H20ClNO5S. The van der Waals surface area contributed by atoms with Crippen LogP contribution in [0.15, 0.2) is 53.4 Å². The van der Waals surface area contributed by atoms with Crippen LogP contribution in [0.4, 0.5) is 0 Å². The topological polar surface area (TPSA) is 72.9 Å². The summed E-state index contributed by atoms with van der Waals surface area (Å²) in [5.41, 5.74) is 1.22. The molecule has 8 heteroatoms. The number of esters is 1. The molecule has 0 unspecified atom stereocenters. The van der Waals surface area contributed by atoms with E-state index in [-0.39, 0.29) is 17.3 Å². The first-order valence-electron chi connectivity index (χ1n) is 7.94.